The molecule has 0 bridgehead atoms. The third-order valence-electron chi connectivity index (χ3n) is 4.43. The van der Waals surface area contributed by atoms with Crippen LogP contribution in [0.4, 0.5) is 4.39 Å². The van der Waals surface area contributed by atoms with Gasteiger partial charge in [0.1, 0.15) is 17.7 Å². The number of fused-ring (bicyclic) bond motifs is 1. The summed E-state index contributed by atoms with van der Waals surface area (Å²) in [4.78, 5) is 16.1. The summed E-state index contributed by atoms with van der Waals surface area (Å²) in [5.74, 6) is 1.11. The van der Waals surface area contributed by atoms with Gasteiger partial charge in [0.25, 0.3) is 0 Å². The minimum Gasteiger partial charge on any atom is -0.488 e. The molecule has 29 heavy (non-hydrogen) atoms. The molecule has 1 atom stereocenters. The van der Waals surface area contributed by atoms with Crippen molar-refractivity contribution in [1.82, 2.24) is 16.0 Å². The van der Waals surface area contributed by atoms with Gasteiger partial charge in [0.05, 0.1) is 13.0 Å². The summed E-state index contributed by atoms with van der Waals surface area (Å²) < 4.78 is 19.0. The Bertz CT molecular complexity index is 822. The van der Waals surface area contributed by atoms with Crippen LogP contribution in [0.15, 0.2) is 53.5 Å². The van der Waals surface area contributed by atoms with E-state index in [1.165, 1.54) is 17.7 Å². The number of amides is 1. The van der Waals surface area contributed by atoms with Crippen molar-refractivity contribution in [3.63, 3.8) is 0 Å². The molecule has 3 rings (SSSR count). The van der Waals surface area contributed by atoms with Crippen LogP contribution in [0.25, 0.3) is 0 Å². The highest BCUT2D eigenvalue weighted by Gasteiger charge is 2.22. The summed E-state index contributed by atoms with van der Waals surface area (Å²) in [7, 11) is 1.70. The summed E-state index contributed by atoms with van der Waals surface area (Å²) in [6.07, 6.45) is 1.10. The lowest BCUT2D eigenvalue weighted by Crippen LogP contribution is -2.44. The molecule has 0 radical (unpaired) electrons. The third kappa shape index (κ3) is 7.19. The standard InChI is InChI=1S/C21H25FN4O2.HI/c1-23-21(26-14-18-13-16-6-2-3-8-19(16)28-18)25-10-9-24-20(27)12-15-5-4-7-17(22)11-15;/h2-8,11,18H,9-10,12-14H2,1H3,(H,24,27)(H2,23,25,26);1H. The van der Waals surface area contributed by atoms with Gasteiger partial charge in [-0.05, 0) is 29.3 Å². The first-order chi connectivity index (χ1) is 13.6. The number of nitrogens with zero attached hydrogens (tertiary/aromatic N) is 1. The van der Waals surface area contributed by atoms with Crippen molar-refractivity contribution in [3.8, 4) is 5.75 Å². The van der Waals surface area contributed by atoms with Crippen LogP contribution in [-0.2, 0) is 17.6 Å². The van der Waals surface area contributed by atoms with E-state index in [-0.39, 0.29) is 48.2 Å². The molecule has 1 amide bonds. The Kier molecular flexibility index (Phi) is 9.17. The molecule has 156 valence electrons. The van der Waals surface area contributed by atoms with Crippen LogP contribution in [0.2, 0.25) is 0 Å². The fourth-order valence-corrected chi connectivity index (χ4v) is 3.08. The first-order valence-corrected chi connectivity index (χ1v) is 9.34. The Morgan fingerprint density at radius 1 is 1.14 bits per heavy atom. The Balaban J connectivity index is 0.00000300. The number of halogens is 2. The first-order valence-electron chi connectivity index (χ1n) is 9.34. The molecule has 1 aliphatic rings. The fourth-order valence-electron chi connectivity index (χ4n) is 3.08. The molecule has 0 fully saturated rings. The lowest BCUT2D eigenvalue weighted by molar-refractivity contribution is -0.120. The van der Waals surface area contributed by atoms with Crippen LogP contribution in [0.5, 0.6) is 5.75 Å². The van der Waals surface area contributed by atoms with Gasteiger partial charge in [-0.25, -0.2) is 4.39 Å². The average Bonchev–Trinajstić information content (AvgIpc) is 3.10. The number of carbonyl (C=O) groups excluding carboxylic acids is 1. The first kappa shape index (κ1) is 22.9. The molecule has 1 aliphatic heterocycles. The number of ether oxygens (including phenoxy) is 1. The smallest absolute Gasteiger partial charge is 0.224 e. The van der Waals surface area contributed by atoms with Crippen LogP contribution in [0, 0.1) is 5.82 Å². The molecule has 0 aliphatic carbocycles. The maximum Gasteiger partial charge on any atom is 0.224 e. The molecule has 0 saturated carbocycles. The van der Waals surface area contributed by atoms with Crippen molar-refractivity contribution in [2.24, 2.45) is 4.99 Å². The molecule has 2 aromatic carbocycles. The molecule has 3 N–H and O–H groups in total. The maximum atomic E-state index is 13.1. The topological polar surface area (TPSA) is 74.8 Å². The van der Waals surface area contributed by atoms with E-state index in [2.05, 4.69) is 27.0 Å². The van der Waals surface area contributed by atoms with Crippen LogP contribution < -0.4 is 20.7 Å². The van der Waals surface area contributed by atoms with Crippen LogP contribution in [-0.4, -0.2) is 44.7 Å². The Morgan fingerprint density at radius 2 is 1.93 bits per heavy atom. The molecule has 2 aromatic rings. The number of benzene rings is 2. The number of rotatable bonds is 7. The Morgan fingerprint density at radius 3 is 2.69 bits per heavy atom. The second-order valence-corrected chi connectivity index (χ2v) is 6.59. The molecule has 6 nitrogen and oxygen atoms in total. The number of hydrogen-bond acceptors (Lipinski definition) is 3. The Labute approximate surface area is 187 Å². The maximum absolute atomic E-state index is 13.1. The largest absolute Gasteiger partial charge is 0.488 e. The fraction of sp³-hybridized carbons (Fsp3) is 0.333. The SMILES string of the molecule is CN=C(NCCNC(=O)Cc1cccc(F)c1)NCC1Cc2ccccc2O1.I. The molecule has 1 heterocycles. The highest BCUT2D eigenvalue weighted by Crippen LogP contribution is 2.27. The van der Waals surface area contributed by atoms with Gasteiger partial charge in [0, 0.05) is 26.6 Å². The van der Waals surface area contributed by atoms with Gasteiger partial charge in [0.15, 0.2) is 5.96 Å². The van der Waals surface area contributed by atoms with Gasteiger partial charge < -0.3 is 20.7 Å². The minimum absolute atomic E-state index is 0. The van der Waals surface area contributed by atoms with E-state index in [0.717, 1.165) is 12.2 Å². The van der Waals surface area contributed by atoms with Gasteiger partial charge in [0.2, 0.25) is 5.91 Å². The van der Waals surface area contributed by atoms with E-state index in [1.807, 2.05) is 18.2 Å². The van der Waals surface area contributed by atoms with E-state index in [9.17, 15) is 9.18 Å². The van der Waals surface area contributed by atoms with Gasteiger partial charge in [-0.15, -0.1) is 24.0 Å². The molecule has 0 aromatic heterocycles. The molecular weight excluding hydrogens is 486 g/mol. The monoisotopic (exact) mass is 512 g/mol. The second kappa shape index (κ2) is 11.6. The average molecular weight is 512 g/mol. The zero-order chi connectivity index (χ0) is 19.8. The third-order valence-corrected chi connectivity index (χ3v) is 4.43. The van der Waals surface area contributed by atoms with Crippen molar-refractivity contribution in [3.05, 3.63) is 65.5 Å². The Hall–Kier alpha value is -2.36. The number of carbonyl (C=O) groups is 1. The molecular formula is C21H26FIN4O2. The summed E-state index contributed by atoms with van der Waals surface area (Å²) in [6, 6.07) is 14.1. The van der Waals surface area contributed by atoms with Gasteiger partial charge >= 0.3 is 0 Å². The van der Waals surface area contributed by atoms with E-state index >= 15 is 0 Å². The highest BCUT2D eigenvalue weighted by atomic mass is 127. The van der Waals surface area contributed by atoms with E-state index in [0.29, 0.717) is 31.2 Å². The van der Waals surface area contributed by atoms with Gasteiger partial charge in [-0.2, -0.15) is 0 Å². The van der Waals surface area contributed by atoms with Crippen molar-refractivity contribution in [1.29, 1.82) is 0 Å². The van der Waals surface area contributed by atoms with Crippen molar-refractivity contribution < 1.29 is 13.9 Å². The lowest BCUT2D eigenvalue weighted by atomic mass is 10.1. The van der Waals surface area contributed by atoms with Crippen LogP contribution in [0.3, 0.4) is 0 Å². The van der Waals surface area contributed by atoms with E-state index in [1.54, 1.807) is 19.2 Å². The highest BCUT2D eigenvalue weighted by molar-refractivity contribution is 14.0. The van der Waals surface area contributed by atoms with Crippen molar-refractivity contribution >= 4 is 35.8 Å². The number of guanidine groups is 1. The number of hydrogen-bond donors (Lipinski definition) is 3. The predicted molar refractivity (Wildman–Crippen MR) is 122 cm³/mol. The molecule has 1 unspecified atom stereocenters. The molecule has 0 spiro atoms. The van der Waals surface area contributed by atoms with Gasteiger partial charge in [-0.1, -0.05) is 30.3 Å². The van der Waals surface area contributed by atoms with Crippen molar-refractivity contribution in [2.45, 2.75) is 18.9 Å². The predicted octanol–water partition coefficient (Wildman–Crippen LogP) is 2.27. The zero-order valence-electron chi connectivity index (χ0n) is 16.3. The number of aliphatic imine (C=N–C) groups is 1. The second-order valence-electron chi connectivity index (χ2n) is 6.59. The van der Waals surface area contributed by atoms with E-state index in [4.69, 9.17) is 4.74 Å². The quantitative estimate of drug-likeness (QED) is 0.231. The van der Waals surface area contributed by atoms with Gasteiger partial charge in [-0.3, -0.25) is 9.79 Å². The molecule has 0 saturated heterocycles. The van der Waals surface area contributed by atoms with E-state index < -0.39 is 0 Å². The molecule has 8 heteroatoms. The summed E-state index contributed by atoms with van der Waals surface area (Å²) in [5.41, 5.74) is 1.87. The minimum atomic E-state index is -0.337. The van der Waals surface area contributed by atoms with Crippen molar-refractivity contribution in [2.75, 3.05) is 26.7 Å². The summed E-state index contributed by atoms with van der Waals surface area (Å²) in [6.45, 7) is 1.61. The number of para-hydroxylation sites is 1. The summed E-state index contributed by atoms with van der Waals surface area (Å²) >= 11 is 0. The van der Waals surface area contributed by atoms with Crippen LogP contribution >= 0.6 is 24.0 Å². The summed E-state index contributed by atoms with van der Waals surface area (Å²) in [5, 5.41) is 9.20. The normalized spacial score (nSPS) is 15.0. The lowest BCUT2D eigenvalue weighted by Gasteiger charge is -2.15. The van der Waals surface area contributed by atoms with Crippen LogP contribution in [0.1, 0.15) is 11.1 Å². The zero-order valence-corrected chi connectivity index (χ0v) is 18.6. The number of nitrogens with one attached hydrogen (secondary N) is 3.